The first-order valence-electron chi connectivity index (χ1n) is 9.36. The van der Waals surface area contributed by atoms with E-state index in [1.807, 2.05) is 30.3 Å². The molecule has 160 valence electrons. The van der Waals surface area contributed by atoms with Crippen LogP contribution in [-0.4, -0.2) is 34.9 Å². The highest BCUT2D eigenvalue weighted by Gasteiger charge is 2.32. The van der Waals surface area contributed by atoms with E-state index >= 15 is 0 Å². The van der Waals surface area contributed by atoms with Gasteiger partial charge in [-0.1, -0.05) is 36.4 Å². The Bertz CT molecular complexity index is 1100. The van der Waals surface area contributed by atoms with Crippen molar-refractivity contribution in [2.75, 3.05) is 23.3 Å². The number of halogens is 3. The van der Waals surface area contributed by atoms with Crippen molar-refractivity contribution in [3.8, 4) is 0 Å². The van der Waals surface area contributed by atoms with Crippen LogP contribution in [0.4, 0.5) is 28.8 Å². The summed E-state index contributed by atoms with van der Waals surface area (Å²) in [5.41, 5.74) is 0.204. The topological polar surface area (TPSA) is 65.5 Å². The summed E-state index contributed by atoms with van der Waals surface area (Å²) in [6, 6.07) is 13.8. The molecule has 10 heteroatoms. The Hall–Kier alpha value is -3.40. The molecule has 6 nitrogen and oxygen atoms in total. The number of benzene rings is 2. The molecule has 31 heavy (non-hydrogen) atoms. The minimum atomic E-state index is -4.50. The van der Waals surface area contributed by atoms with E-state index in [-0.39, 0.29) is 17.4 Å². The predicted octanol–water partition coefficient (Wildman–Crippen LogP) is 4.86. The second kappa shape index (κ2) is 8.38. The van der Waals surface area contributed by atoms with E-state index in [1.54, 1.807) is 4.90 Å². The molecule has 3 aromatic rings. The Kier molecular flexibility index (Phi) is 5.64. The summed E-state index contributed by atoms with van der Waals surface area (Å²) in [4.78, 5) is 32.6. The normalized spacial score (nSPS) is 14.2. The Morgan fingerprint density at radius 3 is 2.61 bits per heavy atom. The summed E-state index contributed by atoms with van der Waals surface area (Å²) in [7, 11) is 0. The van der Waals surface area contributed by atoms with Crippen molar-refractivity contribution < 1.29 is 22.8 Å². The molecule has 0 spiro atoms. The van der Waals surface area contributed by atoms with E-state index in [1.165, 1.54) is 22.4 Å². The number of anilines is 2. The van der Waals surface area contributed by atoms with E-state index < -0.39 is 17.6 Å². The number of thiazole rings is 1. The molecule has 2 heterocycles. The molecule has 0 unspecified atom stereocenters. The molecular formula is C21H17F3N4O2S. The molecular weight excluding hydrogens is 429 g/mol. The molecule has 0 radical (unpaired) electrons. The van der Waals surface area contributed by atoms with Crippen LogP contribution in [0.3, 0.4) is 0 Å². The zero-order valence-electron chi connectivity index (χ0n) is 16.1. The first kappa shape index (κ1) is 20.9. The van der Waals surface area contributed by atoms with Crippen molar-refractivity contribution in [2.45, 2.75) is 12.7 Å². The minimum Gasteiger partial charge on any atom is -0.321 e. The second-order valence-corrected chi connectivity index (χ2v) is 7.73. The Morgan fingerprint density at radius 2 is 1.87 bits per heavy atom. The number of hydrogen-bond donors (Lipinski definition) is 1. The molecule has 1 saturated heterocycles. The highest BCUT2D eigenvalue weighted by molar-refractivity contribution is 7.14. The molecule has 1 aliphatic heterocycles. The fraction of sp³-hybridized carbons (Fsp3) is 0.190. The molecule has 1 aromatic heterocycles. The van der Waals surface area contributed by atoms with Gasteiger partial charge in [0.2, 0.25) is 0 Å². The summed E-state index contributed by atoms with van der Waals surface area (Å²) in [6.45, 7) is 1.44. The van der Waals surface area contributed by atoms with Crippen LogP contribution in [0, 0.1) is 0 Å². The first-order valence-corrected chi connectivity index (χ1v) is 10.2. The number of urea groups is 1. The summed E-state index contributed by atoms with van der Waals surface area (Å²) in [5, 5.41) is 4.27. The fourth-order valence-corrected chi connectivity index (χ4v) is 4.00. The Balaban J connectivity index is 1.42. The van der Waals surface area contributed by atoms with Gasteiger partial charge < -0.3 is 10.2 Å². The third-order valence-electron chi connectivity index (χ3n) is 4.71. The molecule has 1 fully saturated rings. The van der Waals surface area contributed by atoms with E-state index in [9.17, 15) is 22.8 Å². The highest BCUT2D eigenvalue weighted by atomic mass is 32.1. The third kappa shape index (κ3) is 4.69. The predicted molar refractivity (Wildman–Crippen MR) is 111 cm³/mol. The lowest BCUT2D eigenvalue weighted by Gasteiger charge is -2.16. The summed E-state index contributed by atoms with van der Waals surface area (Å²) >= 11 is 1.13. The van der Waals surface area contributed by atoms with E-state index in [0.29, 0.717) is 24.8 Å². The van der Waals surface area contributed by atoms with Gasteiger partial charge in [-0.15, -0.1) is 11.3 Å². The van der Waals surface area contributed by atoms with Gasteiger partial charge in [-0.05, 0) is 23.8 Å². The highest BCUT2D eigenvalue weighted by Crippen LogP contribution is 2.31. The van der Waals surface area contributed by atoms with Crippen molar-refractivity contribution in [3.63, 3.8) is 0 Å². The lowest BCUT2D eigenvalue weighted by Crippen LogP contribution is -2.31. The van der Waals surface area contributed by atoms with Gasteiger partial charge in [0.25, 0.3) is 5.91 Å². The monoisotopic (exact) mass is 446 g/mol. The molecule has 1 aliphatic rings. The largest absolute Gasteiger partial charge is 0.416 e. The van der Waals surface area contributed by atoms with Crippen LogP contribution in [0.25, 0.3) is 0 Å². The summed E-state index contributed by atoms with van der Waals surface area (Å²) < 4.78 is 38.5. The maximum atomic E-state index is 12.8. The third-order valence-corrected chi connectivity index (χ3v) is 5.58. The minimum absolute atomic E-state index is 0.0145. The van der Waals surface area contributed by atoms with Crippen molar-refractivity contribution in [3.05, 3.63) is 76.8 Å². The van der Waals surface area contributed by atoms with Gasteiger partial charge in [0.05, 0.1) is 5.56 Å². The van der Waals surface area contributed by atoms with Gasteiger partial charge in [-0.2, -0.15) is 13.2 Å². The number of rotatable bonds is 5. The van der Waals surface area contributed by atoms with E-state index in [2.05, 4.69) is 10.3 Å². The standard InChI is InChI=1S/C21H17F3N4O2S/c22-21(23,24)15-7-4-8-16(11-15)25-18(29)17-13-31-19(26-17)28-10-9-27(20(28)30)12-14-5-2-1-3-6-14/h1-8,11,13H,9-10,12H2,(H,25,29). The summed E-state index contributed by atoms with van der Waals surface area (Å²) in [6.07, 6.45) is -4.50. The quantitative estimate of drug-likeness (QED) is 0.609. The van der Waals surface area contributed by atoms with Crippen LogP contribution in [-0.2, 0) is 12.7 Å². The Morgan fingerprint density at radius 1 is 1.10 bits per heavy atom. The van der Waals surface area contributed by atoms with Gasteiger partial charge in [-0.25, -0.2) is 9.78 Å². The van der Waals surface area contributed by atoms with Crippen molar-refractivity contribution in [1.82, 2.24) is 9.88 Å². The molecule has 0 atom stereocenters. The van der Waals surface area contributed by atoms with Crippen LogP contribution >= 0.6 is 11.3 Å². The number of carbonyl (C=O) groups excluding carboxylic acids is 2. The van der Waals surface area contributed by atoms with Crippen LogP contribution in [0.1, 0.15) is 21.6 Å². The molecule has 1 N–H and O–H groups in total. The lowest BCUT2D eigenvalue weighted by atomic mass is 10.2. The molecule has 2 aromatic carbocycles. The maximum Gasteiger partial charge on any atom is 0.416 e. The molecule has 0 aliphatic carbocycles. The van der Waals surface area contributed by atoms with Gasteiger partial charge in [0, 0.05) is 30.7 Å². The lowest BCUT2D eigenvalue weighted by molar-refractivity contribution is -0.137. The number of aromatic nitrogens is 1. The van der Waals surface area contributed by atoms with Gasteiger partial charge in [0.1, 0.15) is 5.69 Å². The van der Waals surface area contributed by atoms with Crippen LogP contribution < -0.4 is 10.2 Å². The average Bonchev–Trinajstić information content (AvgIpc) is 3.36. The number of nitrogens with zero attached hydrogens (tertiary/aromatic N) is 3. The number of hydrogen-bond acceptors (Lipinski definition) is 4. The average molecular weight is 446 g/mol. The van der Waals surface area contributed by atoms with Crippen molar-refractivity contribution in [2.24, 2.45) is 0 Å². The fourth-order valence-electron chi connectivity index (χ4n) is 3.17. The summed E-state index contributed by atoms with van der Waals surface area (Å²) in [5.74, 6) is -0.644. The second-order valence-electron chi connectivity index (χ2n) is 6.89. The number of nitrogens with one attached hydrogen (secondary N) is 1. The van der Waals surface area contributed by atoms with Gasteiger partial charge >= 0.3 is 12.2 Å². The Labute approximate surface area is 179 Å². The zero-order chi connectivity index (χ0) is 22.0. The van der Waals surface area contributed by atoms with Crippen LogP contribution in [0.5, 0.6) is 0 Å². The zero-order valence-corrected chi connectivity index (χ0v) is 16.9. The van der Waals surface area contributed by atoms with Crippen LogP contribution in [0.2, 0.25) is 0 Å². The van der Waals surface area contributed by atoms with Crippen molar-refractivity contribution >= 4 is 34.1 Å². The number of amides is 3. The molecule has 0 bridgehead atoms. The van der Waals surface area contributed by atoms with E-state index in [4.69, 9.17) is 0 Å². The van der Waals surface area contributed by atoms with Gasteiger partial charge in [-0.3, -0.25) is 9.69 Å². The smallest absolute Gasteiger partial charge is 0.321 e. The molecule has 0 saturated carbocycles. The van der Waals surface area contributed by atoms with Crippen molar-refractivity contribution in [1.29, 1.82) is 0 Å². The maximum absolute atomic E-state index is 12.8. The van der Waals surface area contributed by atoms with Crippen LogP contribution in [0.15, 0.2) is 60.0 Å². The van der Waals surface area contributed by atoms with E-state index in [0.717, 1.165) is 29.0 Å². The SMILES string of the molecule is O=C(Nc1cccc(C(F)(F)F)c1)c1csc(N2CCN(Cc3ccccc3)C2=O)n1. The van der Waals surface area contributed by atoms with Gasteiger partial charge in [0.15, 0.2) is 5.13 Å². The first-order chi connectivity index (χ1) is 14.8. The number of carbonyl (C=O) groups is 2. The number of alkyl halides is 3. The molecule has 3 amide bonds. The molecule has 4 rings (SSSR count).